The second-order valence-corrected chi connectivity index (χ2v) is 5.45. The quantitative estimate of drug-likeness (QED) is 0.645. The van der Waals surface area contributed by atoms with E-state index in [1.54, 1.807) is 24.3 Å². The molecule has 1 aliphatic rings. The zero-order valence-electron chi connectivity index (χ0n) is 10.7. The van der Waals surface area contributed by atoms with Gasteiger partial charge < -0.3 is 5.73 Å². The first-order valence-corrected chi connectivity index (χ1v) is 6.83. The number of aryl methyl sites for hydroxylation is 1. The third kappa shape index (κ3) is 1.74. The van der Waals surface area contributed by atoms with E-state index in [4.69, 9.17) is 5.73 Å². The molecule has 4 nitrogen and oxygen atoms in total. The van der Waals surface area contributed by atoms with Crippen LogP contribution in [0.2, 0.25) is 0 Å². The topological polar surface area (TPSA) is 63.4 Å². The average Bonchev–Trinajstić information content (AvgIpc) is 2.65. The van der Waals surface area contributed by atoms with Gasteiger partial charge in [-0.05, 0) is 52.7 Å². The maximum absolute atomic E-state index is 12.5. The van der Waals surface area contributed by atoms with Crippen LogP contribution < -0.4 is 10.6 Å². The second-order valence-electron chi connectivity index (χ2n) is 4.66. The zero-order valence-corrected chi connectivity index (χ0v) is 12.3. The van der Waals surface area contributed by atoms with E-state index in [-0.39, 0.29) is 11.8 Å². The summed E-state index contributed by atoms with van der Waals surface area (Å²) in [5, 5.41) is 0. The molecule has 2 N–H and O–H groups in total. The van der Waals surface area contributed by atoms with Crippen molar-refractivity contribution in [2.24, 2.45) is 0 Å². The standard InChI is InChI=1S/C15H11BrN2O2/c1-8-3-2-4-12(13(8)16)18-14(19)10-6-5-9(17)7-11(10)15(18)20/h2-7H,17H2,1H3. The van der Waals surface area contributed by atoms with E-state index in [0.29, 0.717) is 22.5 Å². The largest absolute Gasteiger partial charge is 0.399 e. The number of hydrogen-bond donors (Lipinski definition) is 1. The van der Waals surface area contributed by atoms with Gasteiger partial charge in [-0.1, -0.05) is 12.1 Å². The number of nitrogens with two attached hydrogens (primary N) is 1. The van der Waals surface area contributed by atoms with Crippen LogP contribution in [-0.4, -0.2) is 11.8 Å². The van der Waals surface area contributed by atoms with Gasteiger partial charge in [-0.25, -0.2) is 4.90 Å². The van der Waals surface area contributed by atoms with Crippen molar-refractivity contribution >= 4 is 39.1 Å². The Kier molecular flexibility index (Phi) is 2.87. The summed E-state index contributed by atoms with van der Waals surface area (Å²) in [7, 11) is 0. The minimum atomic E-state index is -0.344. The van der Waals surface area contributed by atoms with Crippen LogP contribution in [0.25, 0.3) is 0 Å². The highest BCUT2D eigenvalue weighted by atomic mass is 79.9. The fraction of sp³-hybridized carbons (Fsp3) is 0.0667. The van der Waals surface area contributed by atoms with Crippen molar-refractivity contribution in [1.82, 2.24) is 0 Å². The van der Waals surface area contributed by atoms with Crippen LogP contribution in [-0.2, 0) is 0 Å². The van der Waals surface area contributed by atoms with E-state index >= 15 is 0 Å². The van der Waals surface area contributed by atoms with Crippen LogP contribution in [0.3, 0.4) is 0 Å². The van der Waals surface area contributed by atoms with Gasteiger partial charge >= 0.3 is 0 Å². The third-order valence-electron chi connectivity index (χ3n) is 3.32. The molecule has 5 heteroatoms. The molecule has 3 rings (SSSR count). The number of benzene rings is 2. The summed E-state index contributed by atoms with van der Waals surface area (Å²) in [5.41, 5.74) is 8.40. The number of amides is 2. The minimum absolute atomic E-state index is 0.323. The lowest BCUT2D eigenvalue weighted by atomic mass is 10.1. The number of carbonyl (C=O) groups excluding carboxylic acids is 2. The summed E-state index contributed by atoms with van der Waals surface area (Å²) in [4.78, 5) is 26.1. The zero-order chi connectivity index (χ0) is 14.4. The molecule has 0 spiro atoms. The molecule has 0 saturated carbocycles. The monoisotopic (exact) mass is 330 g/mol. The summed E-state index contributed by atoms with van der Waals surface area (Å²) in [6.45, 7) is 1.91. The number of fused-ring (bicyclic) bond motifs is 1. The third-order valence-corrected chi connectivity index (χ3v) is 4.35. The molecule has 100 valence electrons. The van der Waals surface area contributed by atoms with Gasteiger partial charge in [-0.3, -0.25) is 9.59 Å². The molecule has 0 fully saturated rings. The molecule has 0 aliphatic carbocycles. The Morgan fingerprint density at radius 2 is 1.75 bits per heavy atom. The predicted molar refractivity (Wildman–Crippen MR) is 80.9 cm³/mol. The van der Waals surface area contributed by atoms with Crippen LogP contribution in [0.4, 0.5) is 11.4 Å². The average molecular weight is 331 g/mol. The van der Waals surface area contributed by atoms with Crippen molar-refractivity contribution in [3.05, 3.63) is 57.6 Å². The molecule has 0 saturated heterocycles. The number of imide groups is 1. The number of rotatable bonds is 1. The first kappa shape index (κ1) is 12.9. The van der Waals surface area contributed by atoms with Crippen molar-refractivity contribution in [2.45, 2.75) is 6.92 Å². The van der Waals surface area contributed by atoms with E-state index < -0.39 is 0 Å². The van der Waals surface area contributed by atoms with Gasteiger partial charge in [0.05, 0.1) is 16.8 Å². The van der Waals surface area contributed by atoms with Crippen LogP contribution in [0, 0.1) is 6.92 Å². The van der Waals surface area contributed by atoms with E-state index in [9.17, 15) is 9.59 Å². The molecule has 0 aromatic heterocycles. The molecule has 2 aromatic carbocycles. The molecular formula is C15H11BrN2O2. The maximum atomic E-state index is 12.5. The number of nitrogens with zero attached hydrogens (tertiary/aromatic N) is 1. The Morgan fingerprint density at radius 3 is 2.50 bits per heavy atom. The Balaban J connectivity index is 2.17. The number of hydrogen-bond acceptors (Lipinski definition) is 3. The minimum Gasteiger partial charge on any atom is -0.399 e. The van der Waals surface area contributed by atoms with Crippen molar-refractivity contribution < 1.29 is 9.59 Å². The molecule has 0 atom stereocenters. The molecule has 0 bridgehead atoms. The lowest BCUT2D eigenvalue weighted by Crippen LogP contribution is -2.29. The fourth-order valence-electron chi connectivity index (χ4n) is 2.28. The fourth-order valence-corrected chi connectivity index (χ4v) is 2.72. The Labute approximate surface area is 124 Å². The van der Waals surface area contributed by atoms with Gasteiger partial charge in [0, 0.05) is 10.2 Å². The number of carbonyl (C=O) groups is 2. The molecule has 1 heterocycles. The smallest absolute Gasteiger partial charge is 0.266 e. The molecule has 2 aromatic rings. The number of halogens is 1. The highest BCUT2D eigenvalue weighted by molar-refractivity contribution is 9.10. The van der Waals surface area contributed by atoms with Gasteiger partial charge in [-0.2, -0.15) is 0 Å². The molecule has 2 amide bonds. The van der Waals surface area contributed by atoms with Gasteiger partial charge in [0.15, 0.2) is 0 Å². The van der Waals surface area contributed by atoms with Gasteiger partial charge in [0.2, 0.25) is 0 Å². The van der Waals surface area contributed by atoms with E-state index in [1.165, 1.54) is 4.90 Å². The summed E-state index contributed by atoms with van der Waals surface area (Å²) >= 11 is 3.43. The molecule has 20 heavy (non-hydrogen) atoms. The number of nitrogen functional groups attached to an aromatic ring is 1. The summed E-state index contributed by atoms with van der Waals surface area (Å²) < 4.78 is 0.738. The summed E-state index contributed by atoms with van der Waals surface area (Å²) in [6, 6.07) is 10.2. The van der Waals surface area contributed by atoms with Crippen molar-refractivity contribution in [3.8, 4) is 0 Å². The van der Waals surface area contributed by atoms with Crippen molar-refractivity contribution in [1.29, 1.82) is 0 Å². The van der Waals surface area contributed by atoms with Crippen molar-refractivity contribution in [2.75, 3.05) is 10.6 Å². The lowest BCUT2D eigenvalue weighted by molar-refractivity contribution is 0.0926. The Hall–Kier alpha value is -2.14. The van der Waals surface area contributed by atoms with Crippen LogP contribution >= 0.6 is 15.9 Å². The first-order valence-electron chi connectivity index (χ1n) is 6.04. The van der Waals surface area contributed by atoms with Gasteiger partial charge in [0.1, 0.15) is 0 Å². The normalized spacial score (nSPS) is 13.8. The SMILES string of the molecule is Cc1cccc(N2C(=O)c3ccc(N)cc3C2=O)c1Br. The summed E-state index contributed by atoms with van der Waals surface area (Å²) in [5.74, 6) is -0.667. The summed E-state index contributed by atoms with van der Waals surface area (Å²) in [6.07, 6.45) is 0. The highest BCUT2D eigenvalue weighted by Crippen LogP contribution is 2.35. The Bertz CT molecular complexity index is 756. The van der Waals surface area contributed by atoms with Crippen LogP contribution in [0.15, 0.2) is 40.9 Å². The molecular weight excluding hydrogens is 320 g/mol. The first-order chi connectivity index (χ1) is 9.50. The predicted octanol–water partition coefficient (Wildman–Crippen LogP) is 3.14. The molecule has 0 unspecified atom stereocenters. The second kappa shape index (κ2) is 4.45. The van der Waals surface area contributed by atoms with E-state index in [1.807, 2.05) is 19.1 Å². The molecule has 1 aliphatic heterocycles. The van der Waals surface area contributed by atoms with Crippen LogP contribution in [0.5, 0.6) is 0 Å². The Morgan fingerprint density at radius 1 is 1.05 bits per heavy atom. The highest BCUT2D eigenvalue weighted by Gasteiger charge is 2.37. The van der Waals surface area contributed by atoms with E-state index in [2.05, 4.69) is 15.9 Å². The van der Waals surface area contributed by atoms with E-state index in [0.717, 1.165) is 10.0 Å². The van der Waals surface area contributed by atoms with Crippen molar-refractivity contribution in [3.63, 3.8) is 0 Å². The molecule has 0 radical (unpaired) electrons. The van der Waals surface area contributed by atoms with Crippen LogP contribution in [0.1, 0.15) is 26.3 Å². The maximum Gasteiger partial charge on any atom is 0.266 e. The van der Waals surface area contributed by atoms with Gasteiger partial charge in [0.25, 0.3) is 11.8 Å². The lowest BCUT2D eigenvalue weighted by Gasteiger charge is -2.16. The van der Waals surface area contributed by atoms with Gasteiger partial charge in [-0.15, -0.1) is 0 Å². The number of anilines is 2.